The molecule has 1 aliphatic rings. The molecule has 4 nitrogen and oxygen atoms in total. The topological polar surface area (TPSA) is 66.4 Å². The normalized spacial score (nSPS) is 21.6. The van der Waals surface area contributed by atoms with Crippen molar-refractivity contribution >= 4 is 35.1 Å². The molecule has 0 saturated heterocycles. The van der Waals surface area contributed by atoms with E-state index in [0.717, 1.165) is 0 Å². The second-order valence-electron chi connectivity index (χ2n) is 5.37. The number of hydrogen-bond donors (Lipinski definition) is 2. The van der Waals surface area contributed by atoms with Crippen LogP contribution < -0.4 is 5.32 Å². The first-order valence-electron chi connectivity index (χ1n) is 6.63. The summed E-state index contributed by atoms with van der Waals surface area (Å²) in [5, 5.41) is 11.5. The van der Waals surface area contributed by atoms with Gasteiger partial charge in [0.1, 0.15) is 6.04 Å². The molecule has 0 radical (unpaired) electrons. The summed E-state index contributed by atoms with van der Waals surface area (Å²) in [6, 6.07) is 2.77. The fourth-order valence-electron chi connectivity index (χ4n) is 2.35. The van der Waals surface area contributed by atoms with Gasteiger partial charge in [-0.1, -0.05) is 23.2 Å². The lowest BCUT2D eigenvalue weighted by Crippen LogP contribution is -2.44. The summed E-state index contributed by atoms with van der Waals surface area (Å²) in [6.45, 7) is 0. The monoisotopic (exact) mass is 369 g/mol. The van der Waals surface area contributed by atoms with Crippen LogP contribution in [0.5, 0.6) is 0 Å². The Bertz CT molecular complexity index is 616. The highest BCUT2D eigenvalue weighted by molar-refractivity contribution is 6.34. The van der Waals surface area contributed by atoms with E-state index < -0.39 is 36.4 Å². The molecule has 9 heteroatoms. The van der Waals surface area contributed by atoms with E-state index >= 15 is 0 Å². The fourth-order valence-corrected chi connectivity index (χ4v) is 2.90. The van der Waals surface area contributed by atoms with Crippen molar-refractivity contribution in [1.29, 1.82) is 0 Å². The molecule has 0 aromatic heterocycles. The van der Waals surface area contributed by atoms with Crippen LogP contribution in [-0.2, 0) is 9.59 Å². The molecule has 1 aromatic rings. The van der Waals surface area contributed by atoms with E-state index in [1.807, 2.05) is 5.32 Å². The number of carboxylic acid groups (broad SMARTS) is 1. The van der Waals surface area contributed by atoms with Gasteiger partial charge in [-0.15, -0.1) is 0 Å². The standard InChI is InChI=1S/C14H12Cl2F3NO3/c15-7-1-6(2-8(16)3-7)9-4-10(9)12(21)20-11(13(22)23)5-14(17,18)19/h1-3,9-11H,4-5H2,(H,20,21)(H,22,23). The zero-order valence-corrected chi connectivity index (χ0v) is 13.0. The van der Waals surface area contributed by atoms with Gasteiger partial charge in [0.15, 0.2) is 0 Å². The summed E-state index contributed by atoms with van der Waals surface area (Å²) < 4.78 is 37.0. The Hall–Kier alpha value is -1.47. The first kappa shape index (κ1) is 17.9. The van der Waals surface area contributed by atoms with Crippen LogP contribution in [0.2, 0.25) is 10.0 Å². The number of benzene rings is 1. The highest BCUT2D eigenvalue weighted by atomic mass is 35.5. The van der Waals surface area contributed by atoms with Crippen LogP contribution >= 0.6 is 23.2 Å². The van der Waals surface area contributed by atoms with Gasteiger partial charge in [-0.3, -0.25) is 4.79 Å². The maximum Gasteiger partial charge on any atom is 0.391 e. The highest BCUT2D eigenvalue weighted by Gasteiger charge is 2.46. The van der Waals surface area contributed by atoms with E-state index in [0.29, 0.717) is 22.0 Å². The summed E-state index contributed by atoms with van der Waals surface area (Å²) in [7, 11) is 0. The van der Waals surface area contributed by atoms with Gasteiger partial charge in [0.25, 0.3) is 0 Å². The van der Waals surface area contributed by atoms with Gasteiger partial charge < -0.3 is 10.4 Å². The van der Waals surface area contributed by atoms with Crippen molar-refractivity contribution in [3.8, 4) is 0 Å². The van der Waals surface area contributed by atoms with Gasteiger partial charge in [0.2, 0.25) is 5.91 Å². The summed E-state index contributed by atoms with van der Waals surface area (Å²) >= 11 is 11.7. The molecule has 1 aliphatic carbocycles. The minimum absolute atomic E-state index is 0.230. The predicted molar refractivity (Wildman–Crippen MR) is 77.5 cm³/mol. The molecule has 0 heterocycles. The maximum absolute atomic E-state index is 12.3. The van der Waals surface area contributed by atoms with Gasteiger partial charge in [0, 0.05) is 16.0 Å². The van der Waals surface area contributed by atoms with Crippen LogP contribution in [0.25, 0.3) is 0 Å². The molecule has 1 aromatic carbocycles. The Kier molecular flexibility index (Phi) is 5.10. The smallest absolute Gasteiger partial charge is 0.391 e. The van der Waals surface area contributed by atoms with Crippen molar-refractivity contribution in [2.75, 3.05) is 0 Å². The first-order valence-corrected chi connectivity index (χ1v) is 7.38. The van der Waals surface area contributed by atoms with Crippen molar-refractivity contribution in [2.24, 2.45) is 5.92 Å². The minimum atomic E-state index is -4.68. The number of carbonyl (C=O) groups excluding carboxylic acids is 1. The average Bonchev–Trinajstić information content (AvgIpc) is 3.15. The number of carboxylic acids is 1. The lowest BCUT2D eigenvalue weighted by Gasteiger charge is -2.16. The fraction of sp³-hybridized carbons (Fsp3) is 0.429. The third-order valence-corrected chi connectivity index (χ3v) is 3.93. The van der Waals surface area contributed by atoms with E-state index in [1.54, 1.807) is 12.1 Å². The summed E-state index contributed by atoms with van der Waals surface area (Å²) in [4.78, 5) is 22.8. The highest BCUT2D eigenvalue weighted by Crippen LogP contribution is 2.48. The SMILES string of the molecule is O=C(O)C(CC(F)(F)F)NC(=O)C1CC1c1cc(Cl)cc(Cl)c1. The van der Waals surface area contributed by atoms with E-state index in [9.17, 15) is 22.8 Å². The minimum Gasteiger partial charge on any atom is -0.480 e. The van der Waals surface area contributed by atoms with Gasteiger partial charge in [0.05, 0.1) is 6.42 Å². The number of rotatable bonds is 5. The Labute approximate surface area is 139 Å². The van der Waals surface area contributed by atoms with Crippen LogP contribution in [0.15, 0.2) is 18.2 Å². The Morgan fingerprint density at radius 1 is 1.26 bits per heavy atom. The number of aliphatic carboxylic acids is 1. The van der Waals surface area contributed by atoms with Gasteiger partial charge in [-0.2, -0.15) is 13.2 Å². The second-order valence-corrected chi connectivity index (χ2v) is 6.24. The zero-order chi connectivity index (χ0) is 17.4. The third-order valence-electron chi connectivity index (χ3n) is 3.49. The molecular formula is C14H12Cl2F3NO3. The molecule has 3 unspecified atom stereocenters. The molecular weight excluding hydrogens is 358 g/mol. The summed E-state index contributed by atoms with van der Waals surface area (Å²) in [6.07, 6.45) is -5.89. The van der Waals surface area contributed by atoms with Gasteiger partial charge in [-0.25, -0.2) is 4.79 Å². The second kappa shape index (κ2) is 6.57. The molecule has 126 valence electrons. The molecule has 0 aliphatic heterocycles. The quantitative estimate of drug-likeness (QED) is 0.832. The van der Waals surface area contributed by atoms with Crippen LogP contribution in [-0.4, -0.2) is 29.2 Å². The van der Waals surface area contributed by atoms with E-state index in [2.05, 4.69) is 0 Å². The largest absolute Gasteiger partial charge is 0.480 e. The van der Waals surface area contributed by atoms with Crippen LogP contribution in [0.3, 0.4) is 0 Å². The molecule has 2 rings (SSSR count). The summed E-state index contributed by atoms with van der Waals surface area (Å²) in [5.41, 5.74) is 0.699. The third kappa shape index (κ3) is 5.00. The van der Waals surface area contributed by atoms with Crippen molar-refractivity contribution in [1.82, 2.24) is 5.32 Å². The van der Waals surface area contributed by atoms with Crippen LogP contribution in [0, 0.1) is 5.92 Å². The number of carbonyl (C=O) groups is 2. The Morgan fingerprint density at radius 3 is 2.30 bits per heavy atom. The first-order chi connectivity index (χ1) is 10.6. The van der Waals surface area contributed by atoms with Gasteiger partial charge in [-0.05, 0) is 36.1 Å². The lowest BCUT2D eigenvalue weighted by atomic mass is 10.1. The van der Waals surface area contributed by atoms with Crippen molar-refractivity contribution < 1.29 is 27.9 Å². The molecule has 1 amide bonds. The predicted octanol–water partition coefficient (Wildman–Crippen LogP) is 3.62. The van der Waals surface area contributed by atoms with Crippen molar-refractivity contribution in [3.05, 3.63) is 33.8 Å². The Balaban J connectivity index is 2.00. The zero-order valence-electron chi connectivity index (χ0n) is 11.5. The molecule has 1 fully saturated rings. The van der Waals surface area contributed by atoms with E-state index in [-0.39, 0.29) is 5.92 Å². The van der Waals surface area contributed by atoms with E-state index in [1.165, 1.54) is 6.07 Å². The van der Waals surface area contributed by atoms with Crippen molar-refractivity contribution in [3.63, 3.8) is 0 Å². The van der Waals surface area contributed by atoms with Gasteiger partial charge >= 0.3 is 12.1 Å². The molecule has 23 heavy (non-hydrogen) atoms. The number of amides is 1. The average molecular weight is 370 g/mol. The Morgan fingerprint density at radius 2 is 1.83 bits per heavy atom. The number of alkyl halides is 3. The van der Waals surface area contributed by atoms with Crippen LogP contribution in [0.1, 0.15) is 24.3 Å². The lowest BCUT2D eigenvalue weighted by molar-refractivity contribution is -0.160. The van der Waals surface area contributed by atoms with E-state index in [4.69, 9.17) is 28.3 Å². The van der Waals surface area contributed by atoms with Crippen LogP contribution in [0.4, 0.5) is 13.2 Å². The molecule has 0 bridgehead atoms. The molecule has 1 saturated carbocycles. The number of halogens is 5. The number of nitrogens with one attached hydrogen (secondary N) is 1. The number of hydrogen-bond acceptors (Lipinski definition) is 2. The van der Waals surface area contributed by atoms with Crippen molar-refractivity contribution in [2.45, 2.75) is 31.0 Å². The molecule has 0 spiro atoms. The molecule has 3 atom stereocenters. The summed E-state index contributed by atoms with van der Waals surface area (Å²) in [5.74, 6) is -3.26. The molecule has 2 N–H and O–H groups in total. The maximum atomic E-state index is 12.3.